The Morgan fingerprint density at radius 2 is 1.08 bits per heavy atom. The van der Waals surface area contributed by atoms with E-state index in [4.69, 9.17) is 4.42 Å². The van der Waals surface area contributed by atoms with Crippen LogP contribution in [0.25, 0.3) is 64.4 Å². The number of rotatable bonds is 4. The van der Waals surface area contributed by atoms with Crippen LogP contribution in [-0.4, -0.2) is 0 Å². The van der Waals surface area contributed by atoms with Gasteiger partial charge in [0.15, 0.2) is 0 Å². The minimum atomic E-state index is 0.940. The van der Waals surface area contributed by atoms with Gasteiger partial charge in [-0.1, -0.05) is 91.0 Å². The number of anilines is 2. The number of para-hydroxylation sites is 1. The summed E-state index contributed by atoms with van der Waals surface area (Å²) in [6, 6.07) is 47.1. The minimum absolute atomic E-state index is 0.940. The first kappa shape index (κ1) is 22.2. The zero-order valence-electron chi connectivity index (χ0n) is 21.0. The number of nitrogens with one attached hydrogen (secondary N) is 1. The van der Waals surface area contributed by atoms with Crippen LogP contribution >= 0.6 is 11.3 Å². The van der Waals surface area contributed by atoms with Gasteiger partial charge in [-0.15, -0.1) is 11.3 Å². The third kappa shape index (κ3) is 3.70. The van der Waals surface area contributed by atoms with Crippen LogP contribution in [-0.2, 0) is 0 Å². The fourth-order valence-corrected chi connectivity index (χ4v) is 6.96. The second kappa shape index (κ2) is 8.87. The molecule has 0 spiro atoms. The van der Waals surface area contributed by atoms with Crippen molar-refractivity contribution in [3.63, 3.8) is 0 Å². The average Bonchev–Trinajstić information content (AvgIpc) is 3.57. The van der Waals surface area contributed by atoms with Crippen LogP contribution in [0.3, 0.4) is 0 Å². The van der Waals surface area contributed by atoms with Gasteiger partial charge in [-0.05, 0) is 64.7 Å². The van der Waals surface area contributed by atoms with Gasteiger partial charge >= 0.3 is 0 Å². The summed E-state index contributed by atoms with van der Waals surface area (Å²) in [5.41, 5.74) is 8.95. The van der Waals surface area contributed by atoms with Crippen LogP contribution in [0.4, 0.5) is 11.4 Å². The predicted molar refractivity (Wildman–Crippen MR) is 167 cm³/mol. The molecule has 184 valence electrons. The number of fused-ring (bicyclic) bond motifs is 7. The first-order valence-corrected chi connectivity index (χ1v) is 13.9. The number of hydrogen-bond acceptors (Lipinski definition) is 3. The molecule has 39 heavy (non-hydrogen) atoms. The lowest BCUT2D eigenvalue weighted by atomic mass is 10.0. The highest BCUT2D eigenvalue weighted by Crippen LogP contribution is 2.45. The molecule has 1 N–H and O–H groups in total. The highest BCUT2D eigenvalue weighted by molar-refractivity contribution is 7.27. The first-order chi connectivity index (χ1) is 19.3. The molecule has 2 aromatic heterocycles. The lowest BCUT2D eigenvalue weighted by Crippen LogP contribution is -1.90. The summed E-state index contributed by atoms with van der Waals surface area (Å²) < 4.78 is 8.76. The Kier molecular flexibility index (Phi) is 5.04. The van der Waals surface area contributed by atoms with Crippen molar-refractivity contribution in [1.82, 2.24) is 0 Å². The van der Waals surface area contributed by atoms with Gasteiger partial charge in [0.25, 0.3) is 0 Å². The van der Waals surface area contributed by atoms with Crippen LogP contribution in [0, 0.1) is 0 Å². The van der Waals surface area contributed by atoms with Crippen molar-refractivity contribution in [2.75, 3.05) is 5.32 Å². The quantitative estimate of drug-likeness (QED) is 0.251. The molecule has 0 fully saturated rings. The Labute approximate surface area is 229 Å². The molecule has 0 saturated carbocycles. The fraction of sp³-hybridized carbons (Fsp3) is 0. The molecule has 0 atom stereocenters. The number of thiophene rings is 1. The summed E-state index contributed by atoms with van der Waals surface area (Å²) >= 11 is 1.86. The molecule has 0 bridgehead atoms. The van der Waals surface area contributed by atoms with Crippen molar-refractivity contribution >= 4 is 64.8 Å². The number of benzene rings is 6. The van der Waals surface area contributed by atoms with E-state index in [1.165, 1.54) is 53.2 Å². The van der Waals surface area contributed by atoms with E-state index in [0.29, 0.717) is 0 Å². The maximum Gasteiger partial charge on any atom is 0.136 e. The third-order valence-corrected chi connectivity index (χ3v) is 8.75. The molecule has 2 heterocycles. The first-order valence-electron chi connectivity index (χ1n) is 13.1. The standard InChI is InChI=1S/C36H23NOS/c1-2-7-23(8-3-1)24-13-17-26(18-14-24)37-27-19-15-25(16-20-27)28-10-6-11-29-30-21-22-33-34(36(30)39-35(28)29)31-9-4-5-12-32(31)38-33/h1-22,37H. The monoisotopic (exact) mass is 517 g/mol. The smallest absolute Gasteiger partial charge is 0.136 e. The Morgan fingerprint density at radius 3 is 1.87 bits per heavy atom. The van der Waals surface area contributed by atoms with E-state index in [-0.39, 0.29) is 0 Å². The van der Waals surface area contributed by atoms with Crippen molar-refractivity contribution in [3.8, 4) is 22.3 Å². The van der Waals surface area contributed by atoms with E-state index in [1.54, 1.807) is 0 Å². The molecule has 0 aliphatic carbocycles. The molecule has 0 amide bonds. The Bertz CT molecular complexity index is 2120. The zero-order chi connectivity index (χ0) is 25.8. The van der Waals surface area contributed by atoms with E-state index >= 15 is 0 Å². The van der Waals surface area contributed by atoms with E-state index in [2.05, 4.69) is 121 Å². The molecule has 8 rings (SSSR count). The van der Waals surface area contributed by atoms with E-state index in [9.17, 15) is 0 Å². The molecule has 0 saturated heterocycles. The molecule has 0 aliphatic heterocycles. The molecule has 0 radical (unpaired) electrons. The molecule has 6 aromatic carbocycles. The second-order valence-corrected chi connectivity index (χ2v) is 10.9. The van der Waals surface area contributed by atoms with E-state index in [0.717, 1.165) is 22.5 Å². The molecular weight excluding hydrogens is 494 g/mol. The largest absolute Gasteiger partial charge is 0.456 e. The molecule has 3 heteroatoms. The van der Waals surface area contributed by atoms with Crippen LogP contribution < -0.4 is 5.32 Å². The van der Waals surface area contributed by atoms with Gasteiger partial charge in [0, 0.05) is 42.3 Å². The summed E-state index contributed by atoms with van der Waals surface area (Å²) in [5, 5.41) is 8.52. The van der Waals surface area contributed by atoms with E-state index < -0.39 is 0 Å². The normalized spacial score (nSPS) is 11.6. The molecule has 2 nitrogen and oxygen atoms in total. The van der Waals surface area contributed by atoms with Crippen molar-refractivity contribution in [2.24, 2.45) is 0 Å². The van der Waals surface area contributed by atoms with E-state index in [1.807, 2.05) is 29.5 Å². The Hall–Kier alpha value is -4.86. The highest BCUT2D eigenvalue weighted by atomic mass is 32.1. The van der Waals surface area contributed by atoms with Gasteiger partial charge in [0.05, 0.1) is 0 Å². The topological polar surface area (TPSA) is 25.2 Å². The molecular formula is C36H23NOS. The lowest BCUT2D eigenvalue weighted by Gasteiger charge is -2.09. The van der Waals surface area contributed by atoms with Crippen molar-refractivity contribution in [1.29, 1.82) is 0 Å². The molecule has 8 aromatic rings. The lowest BCUT2D eigenvalue weighted by molar-refractivity contribution is 0.669. The van der Waals surface area contributed by atoms with Crippen molar-refractivity contribution in [2.45, 2.75) is 0 Å². The van der Waals surface area contributed by atoms with Gasteiger partial charge in [-0.3, -0.25) is 0 Å². The average molecular weight is 518 g/mol. The fourth-order valence-electron chi connectivity index (χ4n) is 5.57. The van der Waals surface area contributed by atoms with Gasteiger partial charge in [0.2, 0.25) is 0 Å². The molecule has 0 aliphatic rings. The third-order valence-electron chi connectivity index (χ3n) is 7.48. The molecule has 0 unspecified atom stereocenters. The number of hydrogen-bond donors (Lipinski definition) is 1. The highest BCUT2D eigenvalue weighted by Gasteiger charge is 2.16. The summed E-state index contributed by atoms with van der Waals surface area (Å²) in [5.74, 6) is 0. The van der Waals surface area contributed by atoms with Crippen molar-refractivity contribution < 1.29 is 4.42 Å². The maximum absolute atomic E-state index is 6.16. The van der Waals surface area contributed by atoms with Gasteiger partial charge in [-0.25, -0.2) is 0 Å². The summed E-state index contributed by atoms with van der Waals surface area (Å²) in [7, 11) is 0. The van der Waals surface area contributed by atoms with Crippen molar-refractivity contribution in [3.05, 3.63) is 133 Å². The van der Waals surface area contributed by atoms with Gasteiger partial charge in [0.1, 0.15) is 11.2 Å². The second-order valence-electron chi connectivity index (χ2n) is 9.84. The van der Waals surface area contributed by atoms with Crippen LogP contribution in [0.15, 0.2) is 138 Å². The summed E-state index contributed by atoms with van der Waals surface area (Å²) in [6.07, 6.45) is 0. The maximum atomic E-state index is 6.16. The zero-order valence-corrected chi connectivity index (χ0v) is 21.8. The Morgan fingerprint density at radius 1 is 0.436 bits per heavy atom. The van der Waals surface area contributed by atoms with Gasteiger partial charge in [-0.2, -0.15) is 0 Å². The minimum Gasteiger partial charge on any atom is -0.456 e. The van der Waals surface area contributed by atoms with Crippen LogP contribution in [0.5, 0.6) is 0 Å². The van der Waals surface area contributed by atoms with Crippen LogP contribution in [0.2, 0.25) is 0 Å². The van der Waals surface area contributed by atoms with Crippen LogP contribution in [0.1, 0.15) is 0 Å². The Balaban J connectivity index is 1.15. The summed E-state index contributed by atoms with van der Waals surface area (Å²) in [6.45, 7) is 0. The summed E-state index contributed by atoms with van der Waals surface area (Å²) in [4.78, 5) is 0. The number of furan rings is 1. The predicted octanol–water partition coefficient (Wildman–Crippen LogP) is 11.0. The SMILES string of the molecule is c1ccc(-c2ccc(Nc3ccc(-c4cccc5c4sc4c5ccc5oc6ccccc6c54)cc3)cc2)cc1. The van der Waals surface area contributed by atoms with Gasteiger partial charge < -0.3 is 9.73 Å².